The number of imidazole rings is 1. The molecule has 1 N–H and O–H groups in total. The molecule has 1 saturated carbocycles. The molecule has 0 radical (unpaired) electrons. The standard InChI is InChI=1S/C18H23N5O/c1-13-18-21-16(9-17(24)20-15-3-2-6-19-10-15)12-23(18)8-7-22(13)11-14-4-5-14/h2-3,6,10,12-14H,4-5,7-9,11H2,1H3,(H,20,24). The molecule has 1 atom stereocenters. The molecule has 0 bridgehead atoms. The number of fused-ring (bicyclic) bond motifs is 1. The highest BCUT2D eigenvalue weighted by Gasteiger charge is 2.31. The summed E-state index contributed by atoms with van der Waals surface area (Å²) in [6.45, 7) is 5.44. The normalized spacial score (nSPS) is 20.6. The zero-order chi connectivity index (χ0) is 16.5. The molecule has 2 aromatic rings. The number of pyridine rings is 1. The van der Waals surface area contributed by atoms with E-state index in [0.717, 1.165) is 36.2 Å². The first-order valence-corrected chi connectivity index (χ1v) is 8.69. The van der Waals surface area contributed by atoms with Crippen LogP contribution in [0.25, 0.3) is 0 Å². The van der Waals surface area contributed by atoms with Crippen molar-refractivity contribution in [2.75, 3.05) is 18.4 Å². The maximum atomic E-state index is 12.2. The smallest absolute Gasteiger partial charge is 0.230 e. The van der Waals surface area contributed by atoms with Gasteiger partial charge in [0.2, 0.25) is 5.91 Å². The molecule has 1 aliphatic heterocycles. The molecule has 3 heterocycles. The maximum absolute atomic E-state index is 12.2. The Bertz CT molecular complexity index is 722. The number of carbonyl (C=O) groups is 1. The fourth-order valence-electron chi connectivity index (χ4n) is 3.36. The summed E-state index contributed by atoms with van der Waals surface area (Å²) in [6.07, 6.45) is 8.41. The van der Waals surface area contributed by atoms with Crippen molar-refractivity contribution < 1.29 is 4.79 Å². The lowest BCUT2D eigenvalue weighted by molar-refractivity contribution is -0.115. The van der Waals surface area contributed by atoms with Crippen LogP contribution < -0.4 is 5.32 Å². The van der Waals surface area contributed by atoms with Gasteiger partial charge in [-0.25, -0.2) is 4.98 Å². The molecule has 24 heavy (non-hydrogen) atoms. The Morgan fingerprint density at radius 3 is 3.00 bits per heavy atom. The predicted octanol–water partition coefficient (Wildman–Crippen LogP) is 2.25. The van der Waals surface area contributed by atoms with Crippen LogP contribution in [-0.4, -0.2) is 38.4 Å². The zero-order valence-electron chi connectivity index (χ0n) is 14.0. The summed E-state index contributed by atoms with van der Waals surface area (Å²) < 4.78 is 2.21. The van der Waals surface area contributed by atoms with E-state index in [4.69, 9.17) is 4.98 Å². The summed E-state index contributed by atoms with van der Waals surface area (Å²) in [6, 6.07) is 3.97. The first-order chi connectivity index (χ1) is 11.7. The third-order valence-electron chi connectivity index (χ3n) is 4.88. The molecule has 6 heteroatoms. The van der Waals surface area contributed by atoms with Crippen LogP contribution in [0.1, 0.15) is 37.3 Å². The predicted molar refractivity (Wildman–Crippen MR) is 91.5 cm³/mol. The van der Waals surface area contributed by atoms with Gasteiger partial charge in [-0.2, -0.15) is 0 Å². The second kappa shape index (κ2) is 6.36. The fraction of sp³-hybridized carbons (Fsp3) is 0.500. The minimum atomic E-state index is -0.0547. The SMILES string of the molecule is CC1c2nc(CC(=O)Nc3cccnc3)cn2CCN1CC1CC1. The molecule has 2 aliphatic rings. The van der Waals surface area contributed by atoms with Gasteiger partial charge in [-0.15, -0.1) is 0 Å². The van der Waals surface area contributed by atoms with E-state index in [-0.39, 0.29) is 5.91 Å². The van der Waals surface area contributed by atoms with Crippen LogP contribution in [0.5, 0.6) is 0 Å². The van der Waals surface area contributed by atoms with Crippen molar-refractivity contribution in [1.82, 2.24) is 19.4 Å². The van der Waals surface area contributed by atoms with Gasteiger partial charge < -0.3 is 9.88 Å². The highest BCUT2D eigenvalue weighted by molar-refractivity contribution is 5.91. The van der Waals surface area contributed by atoms with Crippen LogP contribution in [0, 0.1) is 5.92 Å². The molecule has 126 valence electrons. The Morgan fingerprint density at radius 1 is 1.38 bits per heavy atom. The summed E-state index contributed by atoms with van der Waals surface area (Å²) in [5.74, 6) is 1.92. The molecule has 4 rings (SSSR count). The van der Waals surface area contributed by atoms with E-state index in [1.807, 2.05) is 12.3 Å². The van der Waals surface area contributed by atoms with Crippen LogP contribution in [0.3, 0.4) is 0 Å². The van der Waals surface area contributed by atoms with E-state index < -0.39 is 0 Å². The van der Waals surface area contributed by atoms with E-state index in [1.54, 1.807) is 18.5 Å². The van der Waals surface area contributed by atoms with Crippen LogP contribution in [-0.2, 0) is 17.8 Å². The van der Waals surface area contributed by atoms with E-state index in [2.05, 4.69) is 26.7 Å². The molecule has 1 fully saturated rings. The molecule has 0 spiro atoms. The van der Waals surface area contributed by atoms with Gasteiger partial charge in [0.1, 0.15) is 5.82 Å². The summed E-state index contributed by atoms with van der Waals surface area (Å²) >= 11 is 0. The van der Waals surface area contributed by atoms with Gasteiger partial charge in [0.25, 0.3) is 0 Å². The van der Waals surface area contributed by atoms with E-state index in [9.17, 15) is 4.79 Å². The van der Waals surface area contributed by atoms with Gasteiger partial charge in [-0.1, -0.05) is 0 Å². The van der Waals surface area contributed by atoms with Crippen molar-refractivity contribution >= 4 is 11.6 Å². The van der Waals surface area contributed by atoms with Crippen molar-refractivity contribution in [2.24, 2.45) is 5.92 Å². The maximum Gasteiger partial charge on any atom is 0.230 e. The van der Waals surface area contributed by atoms with E-state index >= 15 is 0 Å². The molecule has 6 nitrogen and oxygen atoms in total. The highest BCUT2D eigenvalue weighted by Crippen LogP contribution is 2.34. The largest absolute Gasteiger partial charge is 0.332 e. The Labute approximate surface area is 141 Å². The van der Waals surface area contributed by atoms with Crippen molar-refractivity contribution in [3.05, 3.63) is 42.2 Å². The summed E-state index contributed by atoms with van der Waals surface area (Å²) in [5.41, 5.74) is 1.56. The Morgan fingerprint density at radius 2 is 2.25 bits per heavy atom. The number of hydrogen-bond acceptors (Lipinski definition) is 4. The first kappa shape index (κ1) is 15.3. The molecule has 2 aromatic heterocycles. The quantitative estimate of drug-likeness (QED) is 0.916. The lowest BCUT2D eigenvalue weighted by Gasteiger charge is -2.33. The van der Waals surface area contributed by atoms with Gasteiger partial charge in [0.15, 0.2) is 0 Å². The summed E-state index contributed by atoms with van der Waals surface area (Å²) in [7, 11) is 0. The topological polar surface area (TPSA) is 63.1 Å². The van der Waals surface area contributed by atoms with Crippen LogP contribution in [0.15, 0.2) is 30.7 Å². The van der Waals surface area contributed by atoms with E-state index in [1.165, 1.54) is 19.4 Å². The van der Waals surface area contributed by atoms with Crippen LogP contribution in [0.4, 0.5) is 5.69 Å². The van der Waals surface area contributed by atoms with Crippen molar-refractivity contribution in [1.29, 1.82) is 0 Å². The molecular weight excluding hydrogens is 302 g/mol. The molecule has 1 amide bonds. The van der Waals surface area contributed by atoms with Gasteiger partial charge in [0, 0.05) is 32.0 Å². The molecular formula is C18H23N5O. The average Bonchev–Trinajstić information content (AvgIpc) is 3.29. The number of aromatic nitrogens is 3. The third-order valence-corrected chi connectivity index (χ3v) is 4.88. The third kappa shape index (κ3) is 3.33. The monoisotopic (exact) mass is 325 g/mol. The summed E-state index contributed by atoms with van der Waals surface area (Å²) in [4.78, 5) is 23.5. The average molecular weight is 325 g/mol. The number of nitrogens with one attached hydrogen (secondary N) is 1. The number of nitrogens with zero attached hydrogens (tertiary/aromatic N) is 4. The van der Waals surface area contributed by atoms with Crippen LogP contribution >= 0.6 is 0 Å². The van der Waals surface area contributed by atoms with Crippen molar-refractivity contribution in [2.45, 2.75) is 38.8 Å². The fourth-order valence-corrected chi connectivity index (χ4v) is 3.36. The second-order valence-corrected chi connectivity index (χ2v) is 6.86. The number of amides is 1. The number of hydrogen-bond donors (Lipinski definition) is 1. The molecule has 1 aliphatic carbocycles. The zero-order valence-corrected chi connectivity index (χ0v) is 14.0. The van der Waals surface area contributed by atoms with Crippen molar-refractivity contribution in [3.8, 4) is 0 Å². The lowest BCUT2D eigenvalue weighted by atomic mass is 10.2. The van der Waals surface area contributed by atoms with Crippen molar-refractivity contribution in [3.63, 3.8) is 0 Å². The summed E-state index contributed by atoms with van der Waals surface area (Å²) in [5, 5.41) is 2.86. The number of anilines is 1. The Hall–Kier alpha value is -2.21. The van der Waals surface area contributed by atoms with Gasteiger partial charge in [0.05, 0.1) is 30.0 Å². The van der Waals surface area contributed by atoms with Gasteiger partial charge in [-0.3, -0.25) is 14.7 Å². The first-order valence-electron chi connectivity index (χ1n) is 8.69. The second-order valence-electron chi connectivity index (χ2n) is 6.86. The number of rotatable bonds is 5. The minimum absolute atomic E-state index is 0.0547. The lowest BCUT2D eigenvalue weighted by Crippen LogP contribution is -2.38. The molecule has 0 aromatic carbocycles. The highest BCUT2D eigenvalue weighted by atomic mass is 16.1. The Balaban J connectivity index is 1.41. The van der Waals surface area contributed by atoms with Gasteiger partial charge >= 0.3 is 0 Å². The Kier molecular flexibility index (Phi) is 4.06. The van der Waals surface area contributed by atoms with Crippen LogP contribution in [0.2, 0.25) is 0 Å². The number of carbonyl (C=O) groups excluding carboxylic acids is 1. The van der Waals surface area contributed by atoms with Gasteiger partial charge in [-0.05, 0) is 37.8 Å². The minimum Gasteiger partial charge on any atom is -0.332 e. The molecule has 0 saturated heterocycles. The van der Waals surface area contributed by atoms with E-state index in [0.29, 0.717) is 12.5 Å². The molecule has 1 unspecified atom stereocenters.